The van der Waals surface area contributed by atoms with E-state index in [-0.39, 0.29) is 0 Å². The first-order valence-corrected chi connectivity index (χ1v) is 8.00. The minimum absolute atomic E-state index is 0.477. The van der Waals surface area contributed by atoms with E-state index in [1.54, 1.807) is 6.33 Å². The van der Waals surface area contributed by atoms with Crippen LogP contribution >= 0.6 is 0 Å². The van der Waals surface area contributed by atoms with E-state index in [2.05, 4.69) is 26.3 Å². The number of fused-ring (bicyclic) bond motifs is 1. The lowest BCUT2D eigenvalue weighted by Crippen LogP contribution is -2.02. The summed E-state index contributed by atoms with van der Waals surface area (Å²) in [5.41, 5.74) is 4.70. The zero-order chi connectivity index (χ0) is 15.8. The van der Waals surface area contributed by atoms with Gasteiger partial charge in [-0.3, -0.25) is 0 Å². The molecule has 0 atom stereocenters. The average Bonchev–Trinajstić information content (AvgIpc) is 3.35. The number of hydrogen-bond donors (Lipinski definition) is 0. The standard InChI is InChI=1S/C18H17N5/c1-3-4-15-14(10-20-11-21-15)18-22-16-8-5-12(19-2)9-17(16)23(18)13-6-7-13/h5,8-11,13H,3-4,6-7H2,1H3. The van der Waals surface area contributed by atoms with Crippen LogP contribution in [0.3, 0.4) is 0 Å². The van der Waals surface area contributed by atoms with Crippen LogP contribution in [0.4, 0.5) is 5.69 Å². The summed E-state index contributed by atoms with van der Waals surface area (Å²) in [6.45, 7) is 9.40. The molecule has 0 unspecified atom stereocenters. The first kappa shape index (κ1) is 13.9. The van der Waals surface area contributed by atoms with Crippen molar-refractivity contribution in [2.24, 2.45) is 0 Å². The number of benzene rings is 1. The molecular formula is C18H17N5. The summed E-state index contributed by atoms with van der Waals surface area (Å²) >= 11 is 0. The molecule has 0 spiro atoms. The third kappa shape index (κ3) is 2.36. The van der Waals surface area contributed by atoms with Gasteiger partial charge >= 0.3 is 0 Å². The molecule has 0 amide bonds. The summed E-state index contributed by atoms with van der Waals surface area (Å²) in [5, 5.41) is 0. The quantitative estimate of drug-likeness (QED) is 0.674. The van der Waals surface area contributed by atoms with Gasteiger partial charge in [0.05, 0.1) is 28.9 Å². The maximum atomic E-state index is 7.25. The van der Waals surface area contributed by atoms with Crippen molar-refractivity contribution in [1.82, 2.24) is 19.5 Å². The monoisotopic (exact) mass is 303 g/mol. The number of nitrogens with zero attached hydrogens (tertiary/aromatic N) is 5. The van der Waals surface area contributed by atoms with Gasteiger partial charge in [-0.15, -0.1) is 0 Å². The van der Waals surface area contributed by atoms with Crippen molar-refractivity contribution < 1.29 is 0 Å². The molecule has 1 aromatic carbocycles. The molecule has 0 N–H and O–H groups in total. The van der Waals surface area contributed by atoms with Crippen LogP contribution in [0.15, 0.2) is 30.7 Å². The first-order chi connectivity index (χ1) is 11.3. The van der Waals surface area contributed by atoms with Crippen molar-refractivity contribution in [1.29, 1.82) is 0 Å². The Morgan fingerprint density at radius 3 is 2.96 bits per heavy atom. The van der Waals surface area contributed by atoms with E-state index in [1.165, 1.54) is 0 Å². The second-order valence-corrected chi connectivity index (χ2v) is 5.95. The maximum absolute atomic E-state index is 7.25. The van der Waals surface area contributed by atoms with Gasteiger partial charge in [0.2, 0.25) is 0 Å². The van der Waals surface area contributed by atoms with Crippen molar-refractivity contribution in [2.45, 2.75) is 38.6 Å². The Morgan fingerprint density at radius 2 is 2.22 bits per heavy atom. The van der Waals surface area contributed by atoms with E-state index in [1.807, 2.05) is 24.4 Å². The van der Waals surface area contributed by atoms with Gasteiger partial charge in [-0.1, -0.05) is 19.4 Å². The summed E-state index contributed by atoms with van der Waals surface area (Å²) < 4.78 is 2.28. The van der Waals surface area contributed by atoms with Gasteiger partial charge in [0.15, 0.2) is 5.69 Å². The molecule has 4 rings (SSSR count). The molecule has 23 heavy (non-hydrogen) atoms. The maximum Gasteiger partial charge on any atom is 0.189 e. The van der Waals surface area contributed by atoms with Crippen LogP contribution in [0.5, 0.6) is 0 Å². The molecule has 2 aromatic heterocycles. The zero-order valence-electron chi connectivity index (χ0n) is 13.0. The average molecular weight is 303 g/mol. The zero-order valence-corrected chi connectivity index (χ0v) is 13.0. The minimum atomic E-state index is 0.477. The van der Waals surface area contributed by atoms with Crippen LogP contribution in [-0.4, -0.2) is 19.5 Å². The summed E-state index contributed by atoms with van der Waals surface area (Å²) in [7, 11) is 0. The van der Waals surface area contributed by atoms with Gasteiger partial charge in [-0.25, -0.2) is 19.8 Å². The first-order valence-electron chi connectivity index (χ1n) is 8.00. The highest BCUT2D eigenvalue weighted by Crippen LogP contribution is 2.42. The van der Waals surface area contributed by atoms with Crippen LogP contribution < -0.4 is 0 Å². The number of hydrogen-bond acceptors (Lipinski definition) is 3. The van der Waals surface area contributed by atoms with Gasteiger partial charge in [-0.05, 0) is 31.4 Å². The van der Waals surface area contributed by atoms with Crippen LogP contribution in [0.25, 0.3) is 27.3 Å². The van der Waals surface area contributed by atoms with E-state index in [0.717, 1.165) is 53.8 Å². The fraction of sp³-hybridized carbons (Fsp3) is 0.333. The van der Waals surface area contributed by atoms with Gasteiger partial charge in [0, 0.05) is 12.2 Å². The van der Waals surface area contributed by atoms with Gasteiger partial charge in [0.1, 0.15) is 12.2 Å². The molecule has 1 fully saturated rings. The molecule has 0 aliphatic heterocycles. The third-order valence-electron chi connectivity index (χ3n) is 4.24. The van der Waals surface area contributed by atoms with E-state index in [4.69, 9.17) is 11.6 Å². The summed E-state index contributed by atoms with van der Waals surface area (Å²) in [6, 6.07) is 6.19. The molecule has 1 aliphatic carbocycles. The number of aromatic nitrogens is 4. The molecule has 0 radical (unpaired) electrons. The third-order valence-corrected chi connectivity index (χ3v) is 4.24. The Balaban J connectivity index is 1.97. The van der Waals surface area contributed by atoms with E-state index >= 15 is 0 Å². The normalized spacial score (nSPS) is 14.1. The van der Waals surface area contributed by atoms with Crippen molar-refractivity contribution in [2.75, 3.05) is 0 Å². The predicted molar refractivity (Wildman–Crippen MR) is 89.3 cm³/mol. The van der Waals surface area contributed by atoms with Crippen LogP contribution in [-0.2, 0) is 6.42 Å². The van der Waals surface area contributed by atoms with Gasteiger partial charge in [0.25, 0.3) is 0 Å². The second kappa shape index (κ2) is 5.47. The summed E-state index contributed by atoms with van der Waals surface area (Å²) in [6.07, 6.45) is 7.76. The van der Waals surface area contributed by atoms with Crippen LogP contribution in [0.2, 0.25) is 0 Å². The molecule has 2 heterocycles. The molecular weight excluding hydrogens is 286 g/mol. The lowest BCUT2D eigenvalue weighted by Gasteiger charge is -2.10. The molecule has 114 valence electrons. The SMILES string of the molecule is [C-]#[N+]c1ccc2nc(-c3cncnc3CCC)n(C3CC3)c2c1. The van der Waals surface area contributed by atoms with E-state index in [0.29, 0.717) is 11.7 Å². The lowest BCUT2D eigenvalue weighted by molar-refractivity contribution is 0.770. The number of rotatable bonds is 4. The Hall–Kier alpha value is -2.74. The van der Waals surface area contributed by atoms with Crippen molar-refractivity contribution >= 4 is 16.7 Å². The number of aryl methyl sites for hydroxylation is 1. The Bertz CT molecular complexity index is 915. The van der Waals surface area contributed by atoms with Gasteiger partial charge in [-0.2, -0.15) is 0 Å². The Labute approximate surface area is 134 Å². The fourth-order valence-corrected chi connectivity index (χ4v) is 3.02. The second-order valence-electron chi connectivity index (χ2n) is 5.95. The van der Waals surface area contributed by atoms with Crippen LogP contribution in [0.1, 0.15) is 37.9 Å². The van der Waals surface area contributed by atoms with Crippen molar-refractivity contribution in [3.8, 4) is 11.4 Å². The fourth-order valence-electron chi connectivity index (χ4n) is 3.02. The van der Waals surface area contributed by atoms with Crippen LogP contribution in [0, 0.1) is 6.57 Å². The highest BCUT2D eigenvalue weighted by molar-refractivity contribution is 5.84. The van der Waals surface area contributed by atoms with Crippen molar-refractivity contribution in [3.63, 3.8) is 0 Å². The summed E-state index contributed by atoms with van der Waals surface area (Å²) in [4.78, 5) is 17.1. The van der Waals surface area contributed by atoms with E-state index in [9.17, 15) is 0 Å². The van der Waals surface area contributed by atoms with Gasteiger partial charge < -0.3 is 4.57 Å². The smallest absolute Gasteiger partial charge is 0.189 e. The highest BCUT2D eigenvalue weighted by atomic mass is 15.1. The molecule has 0 bridgehead atoms. The predicted octanol–water partition coefficient (Wildman–Crippen LogP) is 4.33. The molecule has 1 saturated carbocycles. The Kier molecular flexibility index (Phi) is 3.30. The number of imidazole rings is 1. The molecule has 3 aromatic rings. The molecule has 1 aliphatic rings. The molecule has 5 nitrogen and oxygen atoms in total. The Morgan fingerprint density at radius 1 is 1.35 bits per heavy atom. The van der Waals surface area contributed by atoms with E-state index < -0.39 is 0 Å². The van der Waals surface area contributed by atoms with Crippen molar-refractivity contribution in [3.05, 3.63) is 47.8 Å². The minimum Gasteiger partial charge on any atom is -0.322 e. The molecule has 0 saturated heterocycles. The topological polar surface area (TPSA) is 48.0 Å². The lowest BCUT2D eigenvalue weighted by atomic mass is 10.1. The highest BCUT2D eigenvalue weighted by Gasteiger charge is 2.29. The largest absolute Gasteiger partial charge is 0.322 e. The summed E-state index contributed by atoms with van der Waals surface area (Å²) in [5.74, 6) is 0.939. The molecule has 5 heteroatoms.